The summed E-state index contributed by atoms with van der Waals surface area (Å²) < 4.78 is 6.51. The number of carbonyl (C=O) groups is 1. The van der Waals surface area contributed by atoms with Crippen LogP contribution >= 0.6 is 39.7 Å². The van der Waals surface area contributed by atoms with E-state index in [2.05, 4.69) is 31.5 Å². The highest BCUT2D eigenvalue weighted by atomic mass is 79.9. The molecule has 4 rings (SSSR count). The van der Waals surface area contributed by atoms with Crippen molar-refractivity contribution in [1.29, 1.82) is 0 Å². The molecule has 0 saturated heterocycles. The van der Waals surface area contributed by atoms with Gasteiger partial charge in [0.1, 0.15) is 5.52 Å². The van der Waals surface area contributed by atoms with Crippen LogP contribution in [0.25, 0.3) is 11.1 Å². The zero-order chi connectivity index (χ0) is 21.1. The summed E-state index contributed by atoms with van der Waals surface area (Å²) in [5.41, 5.74) is 3.63. The normalized spacial score (nSPS) is 10.7. The van der Waals surface area contributed by atoms with Crippen LogP contribution in [0.4, 0.5) is 5.69 Å². The van der Waals surface area contributed by atoms with Crippen molar-refractivity contribution < 1.29 is 9.21 Å². The molecule has 0 unspecified atom stereocenters. The first kappa shape index (κ1) is 20.5. The van der Waals surface area contributed by atoms with Crippen molar-refractivity contribution in [3.05, 3.63) is 93.2 Å². The molecule has 0 spiro atoms. The standard InChI is InChI=1S/C22H15BrClN3O2S/c23-17-4-2-1-3-16(17)21(28)27-22(30)25-15-9-10-19-18(12-15)26-20(29-19)11-13-5-7-14(24)8-6-13/h1-10,12H,11H2,(H2,25,27,28,30). The second-order valence-electron chi connectivity index (χ2n) is 6.48. The number of benzene rings is 3. The highest BCUT2D eigenvalue weighted by Crippen LogP contribution is 2.22. The van der Waals surface area contributed by atoms with Gasteiger partial charge in [0, 0.05) is 21.6 Å². The maximum Gasteiger partial charge on any atom is 0.258 e. The van der Waals surface area contributed by atoms with Crippen molar-refractivity contribution in [2.45, 2.75) is 6.42 Å². The van der Waals surface area contributed by atoms with E-state index in [9.17, 15) is 4.79 Å². The zero-order valence-electron chi connectivity index (χ0n) is 15.5. The number of oxazole rings is 1. The van der Waals surface area contributed by atoms with Crippen molar-refractivity contribution >= 4 is 67.6 Å². The third kappa shape index (κ3) is 4.87. The number of anilines is 1. The molecule has 8 heteroatoms. The van der Waals surface area contributed by atoms with E-state index in [0.29, 0.717) is 44.2 Å². The van der Waals surface area contributed by atoms with Gasteiger partial charge in [0.15, 0.2) is 16.6 Å². The lowest BCUT2D eigenvalue weighted by atomic mass is 10.1. The predicted octanol–water partition coefficient (Wildman–Crippen LogP) is 5.96. The van der Waals surface area contributed by atoms with Gasteiger partial charge >= 0.3 is 0 Å². The summed E-state index contributed by atoms with van der Waals surface area (Å²) in [7, 11) is 0. The molecule has 5 nitrogen and oxygen atoms in total. The molecule has 2 N–H and O–H groups in total. The van der Waals surface area contributed by atoms with E-state index in [4.69, 9.17) is 28.2 Å². The Morgan fingerprint density at radius 1 is 1.10 bits per heavy atom. The maximum absolute atomic E-state index is 12.4. The van der Waals surface area contributed by atoms with E-state index < -0.39 is 0 Å². The van der Waals surface area contributed by atoms with Crippen LogP contribution in [0.2, 0.25) is 5.02 Å². The Kier molecular flexibility index (Phi) is 6.13. The van der Waals surface area contributed by atoms with Gasteiger partial charge in [0.25, 0.3) is 5.91 Å². The average Bonchev–Trinajstić information content (AvgIpc) is 3.11. The molecule has 0 bridgehead atoms. The number of rotatable bonds is 4. The largest absolute Gasteiger partial charge is 0.440 e. The smallest absolute Gasteiger partial charge is 0.258 e. The molecule has 3 aromatic carbocycles. The summed E-state index contributed by atoms with van der Waals surface area (Å²) in [6.45, 7) is 0. The molecule has 0 aliphatic rings. The third-order valence-corrected chi connectivity index (χ3v) is 5.45. The van der Waals surface area contributed by atoms with E-state index in [1.54, 1.807) is 18.2 Å². The van der Waals surface area contributed by atoms with Gasteiger partial charge in [0.05, 0.1) is 5.56 Å². The number of carbonyl (C=O) groups excluding carboxylic acids is 1. The number of nitrogens with zero attached hydrogens (tertiary/aromatic N) is 1. The van der Waals surface area contributed by atoms with E-state index >= 15 is 0 Å². The van der Waals surface area contributed by atoms with Gasteiger partial charge in [-0.3, -0.25) is 10.1 Å². The fraction of sp³-hybridized carbons (Fsp3) is 0.0455. The lowest BCUT2D eigenvalue weighted by Gasteiger charge is -2.10. The van der Waals surface area contributed by atoms with E-state index in [-0.39, 0.29) is 11.0 Å². The van der Waals surface area contributed by atoms with Crippen LogP contribution in [-0.2, 0) is 6.42 Å². The highest BCUT2D eigenvalue weighted by Gasteiger charge is 2.12. The summed E-state index contributed by atoms with van der Waals surface area (Å²) in [6.07, 6.45) is 0.565. The molecule has 0 fully saturated rings. The lowest BCUT2D eigenvalue weighted by Crippen LogP contribution is -2.34. The minimum Gasteiger partial charge on any atom is -0.440 e. The van der Waals surface area contributed by atoms with Crippen molar-refractivity contribution in [3.8, 4) is 0 Å². The first-order valence-corrected chi connectivity index (χ1v) is 10.6. The van der Waals surface area contributed by atoms with Crippen LogP contribution in [0.3, 0.4) is 0 Å². The Morgan fingerprint density at radius 2 is 1.87 bits per heavy atom. The number of aromatic nitrogens is 1. The number of fused-ring (bicyclic) bond motifs is 1. The number of halogens is 2. The summed E-state index contributed by atoms with van der Waals surface area (Å²) in [5, 5.41) is 6.56. The zero-order valence-corrected chi connectivity index (χ0v) is 18.6. The first-order chi connectivity index (χ1) is 14.5. The quantitative estimate of drug-likeness (QED) is 0.338. The molecule has 1 heterocycles. The van der Waals surface area contributed by atoms with Crippen molar-refractivity contribution in [2.75, 3.05) is 5.32 Å². The average molecular weight is 501 g/mol. The molecule has 0 saturated carbocycles. The van der Waals surface area contributed by atoms with Gasteiger partial charge < -0.3 is 9.73 Å². The number of amides is 1. The fourth-order valence-electron chi connectivity index (χ4n) is 2.88. The monoisotopic (exact) mass is 499 g/mol. The first-order valence-electron chi connectivity index (χ1n) is 8.99. The van der Waals surface area contributed by atoms with Crippen LogP contribution in [0.1, 0.15) is 21.8 Å². The maximum atomic E-state index is 12.4. The van der Waals surface area contributed by atoms with Gasteiger partial charge in [-0.1, -0.05) is 35.9 Å². The summed E-state index contributed by atoms with van der Waals surface area (Å²) in [4.78, 5) is 16.9. The summed E-state index contributed by atoms with van der Waals surface area (Å²) in [5.74, 6) is 0.307. The minimum atomic E-state index is -0.298. The van der Waals surface area contributed by atoms with Gasteiger partial charge in [0.2, 0.25) is 0 Å². The summed E-state index contributed by atoms with van der Waals surface area (Å²) in [6, 6.07) is 20.1. The van der Waals surface area contributed by atoms with Gasteiger partial charge in [-0.15, -0.1) is 0 Å². The van der Waals surface area contributed by atoms with Gasteiger partial charge in [-0.2, -0.15) is 0 Å². The van der Waals surface area contributed by atoms with Crippen molar-refractivity contribution in [3.63, 3.8) is 0 Å². The Balaban J connectivity index is 1.44. The Labute approximate surface area is 191 Å². The molecule has 0 aliphatic carbocycles. The lowest BCUT2D eigenvalue weighted by molar-refractivity contribution is 0.0977. The van der Waals surface area contributed by atoms with Crippen molar-refractivity contribution in [1.82, 2.24) is 10.3 Å². The van der Waals surface area contributed by atoms with Crippen LogP contribution in [0, 0.1) is 0 Å². The SMILES string of the molecule is O=C(NC(=S)Nc1ccc2oc(Cc3ccc(Cl)cc3)nc2c1)c1ccccc1Br. The fourth-order valence-corrected chi connectivity index (χ4v) is 3.68. The molecule has 30 heavy (non-hydrogen) atoms. The van der Waals surface area contributed by atoms with Crippen LogP contribution in [0.15, 0.2) is 75.6 Å². The number of hydrogen-bond acceptors (Lipinski definition) is 4. The van der Waals surface area contributed by atoms with Crippen LogP contribution < -0.4 is 10.6 Å². The minimum absolute atomic E-state index is 0.194. The van der Waals surface area contributed by atoms with Crippen molar-refractivity contribution in [2.24, 2.45) is 0 Å². The predicted molar refractivity (Wildman–Crippen MR) is 126 cm³/mol. The van der Waals surface area contributed by atoms with Gasteiger partial charge in [-0.05, 0) is 76.2 Å². The molecular formula is C22H15BrClN3O2S. The second kappa shape index (κ2) is 8.95. The molecule has 0 atom stereocenters. The molecule has 4 aromatic rings. The Bertz CT molecular complexity index is 1240. The van der Waals surface area contributed by atoms with E-state index in [1.165, 1.54) is 0 Å². The third-order valence-electron chi connectivity index (χ3n) is 4.30. The molecule has 1 aromatic heterocycles. The number of nitrogens with one attached hydrogen (secondary N) is 2. The Morgan fingerprint density at radius 3 is 2.63 bits per heavy atom. The highest BCUT2D eigenvalue weighted by molar-refractivity contribution is 9.10. The molecule has 0 aliphatic heterocycles. The second-order valence-corrected chi connectivity index (χ2v) is 8.18. The molecule has 150 valence electrons. The van der Waals surface area contributed by atoms with E-state index in [0.717, 1.165) is 5.56 Å². The van der Waals surface area contributed by atoms with Crippen LogP contribution in [-0.4, -0.2) is 16.0 Å². The molecular weight excluding hydrogens is 486 g/mol. The van der Waals surface area contributed by atoms with E-state index in [1.807, 2.05) is 48.5 Å². The topological polar surface area (TPSA) is 67.2 Å². The van der Waals surface area contributed by atoms with Gasteiger partial charge in [-0.25, -0.2) is 4.98 Å². The molecule has 1 amide bonds. The Hall–Kier alpha value is -2.74. The number of hydrogen-bond donors (Lipinski definition) is 2. The number of thiocarbonyl (C=S) groups is 1. The van der Waals surface area contributed by atoms with Crippen LogP contribution in [0.5, 0.6) is 0 Å². The summed E-state index contributed by atoms with van der Waals surface area (Å²) >= 11 is 14.6. The molecule has 0 radical (unpaired) electrons.